The van der Waals surface area contributed by atoms with E-state index < -0.39 is 5.66 Å². The molecule has 2 aliphatic heterocycles. The van der Waals surface area contributed by atoms with Gasteiger partial charge in [-0.15, -0.1) is 0 Å². The van der Waals surface area contributed by atoms with E-state index in [0.29, 0.717) is 6.61 Å². The van der Waals surface area contributed by atoms with Gasteiger partial charge in [-0.05, 0) is 37.9 Å². The van der Waals surface area contributed by atoms with E-state index in [1.807, 2.05) is 4.90 Å². The third-order valence-corrected chi connectivity index (χ3v) is 4.11. The van der Waals surface area contributed by atoms with E-state index in [4.69, 9.17) is 4.74 Å². The Morgan fingerprint density at radius 1 is 1.37 bits per heavy atom. The summed E-state index contributed by atoms with van der Waals surface area (Å²) in [6, 6.07) is 6.39. The highest BCUT2D eigenvalue weighted by atomic mass is 16.5. The van der Waals surface area contributed by atoms with Gasteiger partial charge in [0.1, 0.15) is 12.3 Å². The van der Waals surface area contributed by atoms with Crippen LogP contribution in [0.1, 0.15) is 23.1 Å². The zero-order valence-corrected chi connectivity index (χ0v) is 11.5. The fourth-order valence-electron chi connectivity index (χ4n) is 3.15. The number of ether oxygens (including phenoxy) is 1. The first-order valence-corrected chi connectivity index (χ1v) is 6.84. The van der Waals surface area contributed by atoms with E-state index in [9.17, 15) is 4.79 Å². The topological polar surface area (TPSA) is 41.6 Å². The SMILES string of the molecule is Cc1ccc(C)c(C23COCC(=O)N2CCCN3)c1. The van der Waals surface area contributed by atoms with Gasteiger partial charge >= 0.3 is 0 Å². The second kappa shape index (κ2) is 4.62. The van der Waals surface area contributed by atoms with Crippen molar-refractivity contribution >= 4 is 5.91 Å². The van der Waals surface area contributed by atoms with Gasteiger partial charge in [0, 0.05) is 6.54 Å². The molecule has 0 aromatic heterocycles. The fraction of sp³-hybridized carbons (Fsp3) is 0.533. The molecule has 0 spiro atoms. The number of aryl methyl sites for hydroxylation is 2. The van der Waals surface area contributed by atoms with Crippen LogP contribution in [0.3, 0.4) is 0 Å². The van der Waals surface area contributed by atoms with Crippen molar-refractivity contribution in [1.82, 2.24) is 10.2 Å². The molecule has 1 aromatic rings. The van der Waals surface area contributed by atoms with Gasteiger partial charge in [0.2, 0.25) is 5.91 Å². The van der Waals surface area contributed by atoms with Gasteiger partial charge in [-0.3, -0.25) is 10.1 Å². The van der Waals surface area contributed by atoms with E-state index in [0.717, 1.165) is 19.5 Å². The minimum atomic E-state index is -0.469. The number of benzene rings is 1. The molecule has 1 amide bonds. The number of carbonyl (C=O) groups excluding carboxylic acids is 1. The van der Waals surface area contributed by atoms with Gasteiger partial charge in [-0.2, -0.15) is 0 Å². The Balaban J connectivity index is 2.12. The molecular weight excluding hydrogens is 240 g/mol. The second-order valence-corrected chi connectivity index (χ2v) is 5.50. The van der Waals surface area contributed by atoms with Crippen LogP contribution in [0.2, 0.25) is 0 Å². The third-order valence-electron chi connectivity index (χ3n) is 4.11. The first-order chi connectivity index (χ1) is 9.13. The summed E-state index contributed by atoms with van der Waals surface area (Å²) in [5.41, 5.74) is 3.10. The molecule has 2 saturated heterocycles. The number of amides is 1. The summed E-state index contributed by atoms with van der Waals surface area (Å²) in [4.78, 5) is 14.1. The number of fused-ring (bicyclic) bond motifs is 1. The number of nitrogens with one attached hydrogen (secondary N) is 1. The maximum Gasteiger partial charge on any atom is 0.250 e. The van der Waals surface area contributed by atoms with Crippen molar-refractivity contribution < 1.29 is 9.53 Å². The lowest BCUT2D eigenvalue weighted by Gasteiger charge is -2.51. The number of rotatable bonds is 1. The van der Waals surface area contributed by atoms with Crippen LogP contribution in [0, 0.1) is 13.8 Å². The van der Waals surface area contributed by atoms with E-state index in [2.05, 4.69) is 37.4 Å². The Bertz CT molecular complexity index is 511. The van der Waals surface area contributed by atoms with Crippen LogP contribution in [0.5, 0.6) is 0 Å². The molecule has 0 saturated carbocycles. The van der Waals surface area contributed by atoms with Crippen LogP contribution in [-0.4, -0.2) is 37.1 Å². The minimum Gasteiger partial charge on any atom is -0.367 e. The number of carbonyl (C=O) groups is 1. The summed E-state index contributed by atoms with van der Waals surface area (Å²) in [5.74, 6) is 0.0827. The molecule has 2 heterocycles. The average Bonchev–Trinajstić information content (AvgIpc) is 2.42. The first kappa shape index (κ1) is 12.6. The van der Waals surface area contributed by atoms with E-state index in [1.165, 1.54) is 16.7 Å². The molecule has 1 N–H and O–H groups in total. The van der Waals surface area contributed by atoms with Crippen LogP contribution in [-0.2, 0) is 15.2 Å². The molecule has 1 atom stereocenters. The van der Waals surface area contributed by atoms with Crippen molar-refractivity contribution in [3.63, 3.8) is 0 Å². The largest absolute Gasteiger partial charge is 0.367 e. The lowest BCUT2D eigenvalue weighted by Crippen LogP contribution is -2.68. The van der Waals surface area contributed by atoms with Crippen LogP contribution >= 0.6 is 0 Å². The Kier molecular flexibility index (Phi) is 3.07. The average molecular weight is 260 g/mol. The second-order valence-electron chi connectivity index (χ2n) is 5.50. The summed E-state index contributed by atoms with van der Waals surface area (Å²) in [6.07, 6.45) is 0.998. The predicted molar refractivity (Wildman–Crippen MR) is 72.7 cm³/mol. The zero-order chi connectivity index (χ0) is 13.5. The van der Waals surface area contributed by atoms with Crippen molar-refractivity contribution in [1.29, 1.82) is 0 Å². The molecule has 3 rings (SSSR count). The van der Waals surface area contributed by atoms with Crippen molar-refractivity contribution in [2.45, 2.75) is 25.9 Å². The normalized spacial score (nSPS) is 27.3. The summed E-state index contributed by atoms with van der Waals surface area (Å²) < 4.78 is 5.55. The molecule has 1 aromatic carbocycles. The summed E-state index contributed by atoms with van der Waals surface area (Å²) in [6.45, 7) is 6.63. The van der Waals surface area contributed by atoms with Gasteiger partial charge in [0.25, 0.3) is 0 Å². The zero-order valence-electron chi connectivity index (χ0n) is 11.5. The van der Waals surface area contributed by atoms with E-state index in [1.54, 1.807) is 0 Å². The van der Waals surface area contributed by atoms with Gasteiger partial charge in [-0.1, -0.05) is 23.8 Å². The van der Waals surface area contributed by atoms with Crippen molar-refractivity contribution in [2.24, 2.45) is 0 Å². The van der Waals surface area contributed by atoms with Crippen LogP contribution in [0.25, 0.3) is 0 Å². The maximum absolute atomic E-state index is 12.2. The van der Waals surface area contributed by atoms with Gasteiger partial charge in [-0.25, -0.2) is 0 Å². The predicted octanol–water partition coefficient (Wildman–Crippen LogP) is 1.31. The Morgan fingerprint density at radius 3 is 3.05 bits per heavy atom. The molecule has 19 heavy (non-hydrogen) atoms. The van der Waals surface area contributed by atoms with Crippen LogP contribution in [0.15, 0.2) is 18.2 Å². The van der Waals surface area contributed by atoms with Gasteiger partial charge < -0.3 is 9.64 Å². The van der Waals surface area contributed by atoms with Crippen molar-refractivity contribution in [3.05, 3.63) is 34.9 Å². The first-order valence-electron chi connectivity index (χ1n) is 6.84. The molecule has 0 bridgehead atoms. The van der Waals surface area contributed by atoms with Crippen molar-refractivity contribution in [3.8, 4) is 0 Å². The minimum absolute atomic E-state index is 0.0827. The van der Waals surface area contributed by atoms with Crippen LogP contribution in [0.4, 0.5) is 0 Å². The molecule has 4 nitrogen and oxygen atoms in total. The van der Waals surface area contributed by atoms with Crippen molar-refractivity contribution in [2.75, 3.05) is 26.3 Å². The van der Waals surface area contributed by atoms with E-state index in [-0.39, 0.29) is 12.5 Å². The van der Waals surface area contributed by atoms with Gasteiger partial charge in [0.15, 0.2) is 0 Å². The number of hydrogen-bond acceptors (Lipinski definition) is 3. The van der Waals surface area contributed by atoms with Gasteiger partial charge in [0.05, 0.1) is 6.61 Å². The number of hydrogen-bond donors (Lipinski definition) is 1. The molecule has 0 aliphatic carbocycles. The molecule has 102 valence electrons. The highest BCUT2D eigenvalue weighted by Gasteiger charge is 2.46. The van der Waals surface area contributed by atoms with E-state index >= 15 is 0 Å². The molecule has 4 heteroatoms. The highest BCUT2D eigenvalue weighted by molar-refractivity contribution is 5.79. The quantitative estimate of drug-likeness (QED) is 0.827. The lowest BCUT2D eigenvalue weighted by atomic mass is 9.89. The molecule has 0 radical (unpaired) electrons. The molecular formula is C15H20N2O2. The molecule has 1 unspecified atom stereocenters. The lowest BCUT2D eigenvalue weighted by molar-refractivity contribution is -0.167. The summed E-state index contributed by atoms with van der Waals surface area (Å²) in [5, 5.41) is 3.53. The monoisotopic (exact) mass is 260 g/mol. The standard InChI is InChI=1S/C15H20N2O2/c1-11-4-5-12(2)13(8-11)15-10-19-9-14(18)17(15)7-3-6-16-15/h4-5,8,16H,3,6-7,9-10H2,1-2H3. The maximum atomic E-state index is 12.2. The Morgan fingerprint density at radius 2 is 2.21 bits per heavy atom. The highest BCUT2D eigenvalue weighted by Crippen LogP contribution is 2.34. The van der Waals surface area contributed by atoms with Crippen LogP contribution < -0.4 is 5.32 Å². The summed E-state index contributed by atoms with van der Waals surface area (Å²) in [7, 11) is 0. The number of morpholine rings is 1. The number of nitrogens with zero attached hydrogens (tertiary/aromatic N) is 1. The Labute approximate surface area is 113 Å². The third kappa shape index (κ3) is 1.95. The Hall–Kier alpha value is -1.39. The molecule has 2 fully saturated rings. The molecule has 2 aliphatic rings. The smallest absolute Gasteiger partial charge is 0.250 e. The fourth-order valence-corrected chi connectivity index (χ4v) is 3.15. The summed E-state index contributed by atoms with van der Waals surface area (Å²) >= 11 is 0.